The highest BCUT2D eigenvalue weighted by Gasteiger charge is 2.30. The summed E-state index contributed by atoms with van der Waals surface area (Å²) in [4.78, 5) is 24.3. The molecule has 0 saturated carbocycles. The normalized spacial score (nSPS) is 14.6. The van der Waals surface area contributed by atoms with E-state index in [1.165, 1.54) is 0 Å². The molecule has 1 aliphatic rings. The van der Waals surface area contributed by atoms with Gasteiger partial charge in [-0.1, -0.05) is 32.0 Å². The number of sulfonamides is 1. The maximum Gasteiger partial charge on any atom is 0.338 e. The lowest BCUT2D eigenvalue weighted by Gasteiger charge is -2.26. The van der Waals surface area contributed by atoms with Crippen LogP contribution >= 0.6 is 0 Å². The quantitative estimate of drug-likeness (QED) is 0.586. The second-order valence-electron chi connectivity index (χ2n) is 7.44. The van der Waals surface area contributed by atoms with Gasteiger partial charge in [0.2, 0.25) is 10.0 Å². The van der Waals surface area contributed by atoms with E-state index in [0.717, 1.165) is 46.5 Å². The number of morpholine rings is 1. The number of nitrogens with one attached hydrogen (secondary N) is 1. The van der Waals surface area contributed by atoms with E-state index in [1.807, 2.05) is 32.0 Å². The number of anilines is 1. The third kappa shape index (κ3) is 5.76. The summed E-state index contributed by atoms with van der Waals surface area (Å²) in [5, 5.41) is 2.79. The second-order valence-corrected chi connectivity index (χ2v) is 9.35. The molecule has 0 unspecified atom stereocenters. The van der Waals surface area contributed by atoms with Crippen molar-refractivity contribution in [1.29, 1.82) is 0 Å². The highest BCUT2D eigenvalue weighted by Crippen LogP contribution is 2.24. The third-order valence-electron chi connectivity index (χ3n) is 5.35. The van der Waals surface area contributed by atoms with E-state index < -0.39 is 39.2 Å². The van der Waals surface area contributed by atoms with Crippen LogP contribution in [0.4, 0.5) is 10.1 Å². The molecule has 33 heavy (non-hydrogen) atoms. The molecular weight excluding hydrogens is 451 g/mol. The predicted octanol–water partition coefficient (Wildman–Crippen LogP) is 2.77. The summed E-state index contributed by atoms with van der Waals surface area (Å²) < 4.78 is 51.2. The Kier molecular flexibility index (Phi) is 8.17. The predicted molar refractivity (Wildman–Crippen MR) is 120 cm³/mol. The number of hydrogen-bond acceptors (Lipinski definition) is 6. The molecule has 1 N–H and O–H groups in total. The lowest BCUT2D eigenvalue weighted by molar-refractivity contribution is -0.119. The lowest BCUT2D eigenvalue weighted by Crippen LogP contribution is -2.41. The summed E-state index contributed by atoms with van der Waals surface area (Å²) in [6.07, 6.45) is 1.44. The van der Waals surface area contributed by atoms with Crippen LogP contribution in [0.25, 0.3) is 0 Å². The van der Waals surface area contributed by atoms with Crippen LogP contribution in [0.3, 0.4) is 0 Å². The second kappa shape index (κ2) is 10.9. The molecule has 0 aromatic heterocycles. The molecule has 1 fully saturated rings. The van der Waals surface area contributed by atoms with Gasteiger partial charge in [0, 0.05) is 18.8 Å². The fourth-order valence-electron chi connectivity index (χ4n) is 3.55. The molecule has 1 saturated heterocycles. The third-order valence-corrected chi connectivity index (χ3v) is 7.27. The highest BCUT2D eigenvalue weighted by atomic mass is 32.2. The minimum atomic E-state index is -4.14. The van der Waals surface area contributed by atoms with E-state index in [1.54, 1.807) is 0 Å². The Bertz CT molecular complexity index is 1110. The molecule has 0 spiro atoms. The van der Waals surface area contributed by atoms with Gasteiger partial charge >= 0.3 is 5.97 Å². The van der Waals surface area contributed by atoms with Crippen molar-refractivity contribution in [3.05, 3.63) is 58.9 Å². The van der Waals surface area contributed by atoms with Crippen LogP contribution in [0.2, 0.25) is 0 Å². The Hall–Kier alpha value is -2.82. The number of ether oxygens (including phenoxy) is 2. The van der Waals surface area contributed by atoms with E-state index >= 15 is 0 Å². The Morgan fingerprint density at radius 1 is 1.09 bits per heavy atom. The first kappa shape index (κ1) is 24.8. The first-order valence-electron chi connectivity index (χ1n) is 10.7. The van der Waals surface area contributed by atoms with Crippen LogP contribution in [0.1, 0.15) is 35.3 Å². The Morgan fingerprint density at radius 3 is 2.33 bits per heavy atom. The topological polar surface area (TPSA) is 102 Å². The molecule has 0 aliphatic carbocycles. The fraction of sp³-hybridized carbons (Fsp3) is 0.391. The summed E-state index contributed by atoms with van der Waals surface area (Å²) >= 11 is 0. The molecule has 178 valence electrons. The molecule has 2 aromatic rings. The van der Waals surface area contributed by atoms with E-state index in [9.17, 15) is 22.4 Å². The van der Waals surface area contributed by atoms with Gasteiger partial charge in [-0.15, -0.1) is 0 Å². The van der Waals surface area contributed by atoms with Gasteiger partial charge in [-0.25, -0.2) is 17.6 Å². The number of benzene rings is 2. The summed E-state index contributed by atoms with van der Waals surface area (Å²) in [7, 11) is -4.14. The van der Waals surface area contributed by atoms with Crippen LogP contribution in [-0.4, -0.2) is 57.5 Å². The first-order valence-corrected chi connectivity index (χ1v) is 12.2. The van der Waals surface area contributed by atoms with Crippen LogP contribution in [0, 0.1) is 5.82 Å². The molecule has 1 amide bonds. The van der Waals surface area contributed by atoms with Crippen LogP contribution in [0.15, 0.2) is 41.3 Å². The molecule has 2 aromatic carbocycles. The van der Waals surface area contributed by atoms with Crippen molar-refractivity contribution in [2.24, 2.45) is 0 Å². The summed E-state index contributed by atoms with van der Waals surface area (Å²) in [6, 6.07) is 8.70. The van der Waals surface area contributed by atoms with Gasteiger partial charge in [-0.2, -0.15) is 4.31 Å². The highest BCUT2D eigenvalue weighted by molar-refractivity contribution is 7.89. The van der Waals surface area contributed by atoms with E-state index in [2.05, 4.69) is 5.32 Å². The monoisotopic (exact) mass is 478 g/mol. The zero-order valence-electron chi connectivity index (χ0n) is 18.6. The minimum absolute atomic E-state index is 0.0929. The maximum atomic E-state index is 14.3. The average Bonchev–Trinajstić information content (AvgIpc) is 2.83. The van der Waals surface area contributed by atoms with Crippen molar-refractivity contribution in [2.75, 3.05) is 38.2 Å². The van der Waals surface area contributed by atoms with Crippen molar-refractivity contribution in [3.8, 4) is 0 Å². The lowest BCUT2D eigenvalue weighted by atomic mass is 10.0. The molecule has 8 nitrogen and oxygen atoms in total. The van der Waals surface area contributed by atoms with Crippen molar-refractivity contribution in [2.45, 2.75) is 31.6 Å². The van der Waals surface area contributed by atoms with Gasteiger partial charge < -0.3 is 14.8 Å². The number of rotatable bonds is 8. The van der Waals surface area contributed by atoms with E-state index in [-0.39, 0.29) is 31.9 Å². The molecular formula is C23H27FN2O6S. The summed E-state index contributed by atoms with van der Waals surface area (Å²) in [5.41, 5.74) is 2.46. The van der Waals surface area contributed by atoms with Gasteiger partial charge in [0.15, 0.2) is 6.61 Å². The molecule has 1 heterocycles. The molecule has 3 rings (SSSR count). The number of para-hydroxylation sites is 1. The summed E-state index contributed by atoms with van der Waals surface area (Å²) in [6.45, 7) is 3.98. The molecule has 10 heteroatoms. The molecule has 1 aliphatic heterocycles. The van der Waals surface area contributed by atoms with Crippen LogP contribution in [-0.2, 0) is 37.1 Å². The minimum Gasteiger partial charge on any atom is -0.452 e. The Labute approximate surface area is 192 Å². The zero-order chi connectivity index (χ0) is 24.0. The number of nitrogens with zero attached hydrogens (tertiary/aromatic N) is 1. The fourth-order valence-corrected chi connectivity index (χ4v) is 5.05. The molecule has 0 bridgehead atoms. The van der Waals surface area contributed by atoms with Gasteiger partial charge in [0.25, 0.3) is 5.91 Å². The molecule has 0 radical (unpaired) electrons. The van der Waals surface area contributed by atoms with E-state index in [4.69, 9.17) is 9.47 Å². The van der Waals surface area contributed by atoms with Gasteiger partial charge in [0.05, 0.1) is 18.8 Å². The average molecular weight is 479 g/mol. The number of aryl methyl sites for hydroxylation is 2. The van der Waals surface area contributed by atoms with Crippen molar-refractivity contribution in [3.63, 3.8) is 0 Å². The standard InChI is InChI=1S/C23H27FN2O6S/c1-3-16-6-5-7-17(4-2)22(16)25-21(27)15-32-23(28)18-8-9-19(24)20(14-18)33(29,30)26-10-12-31-13-11-26/h5-9,14H,3-4,10-13,15H2,1-2H3,(H,25,27). The number of carbonyl (C=O) groups excluding carboxylic acids is 2. The van der Waals surface area contributed by atoms with Gasteiger partial charge in [-0.05, 0) is 42.2 Å². The first-order chi connectivity index (χ1) is 15.8. The Morgan fingerprint density at radius 2 is 1.73 bits per heavy atom. The number of hydrogen-bond donors (Lipinski definition) is 1. The number of esters is 1. The van der Waals surface area contributed by atoms with Crippen LogP contribution < -0.4 is 5.32 Å². The van der Waals surface area contributed by atoms with Crippen molar-refractivity contribution in [1.82, 2.24) is 4.31 Å². The van der Waals surface area contributed by atoms with Gasteiger partial charge in [-0.3, -0.25) is 4.79 Å². The SMILES string of the molecule is CCc1cccc(CC)c1NC(=O)COC(=O)c1ccc(F)c(S(=O)(=O)N2CCOCC2)c1. The smallest absolute Gasteiger partial charge is 0.338 e. The maximum absolute atomic E-state index is 14.3. The number of carbonyl (C=O) groups is 2. The van der Waals surface area contributed by atoms with Crippen molar-refractivity contribution >= 4 is 27.6 Å². The number of amides is 1. The largest absolute Gasteiger partial charge is 0.452 e. The van der Waals surface area contributed by atoms with Gasteiger partial charge in [0.1, 0.15) is 10.7 Å². The summed E-state index contributed by atoms with van der Waals surface area (Å²) in [5.74, 6) is -2.43. The van der Waals surface area contributed by atoms with Crippen molar-refractivity contribution < 1.29 is 31.9 Å². The number of halogens is 1. The zero-order valence-corrected chi connectivity index (χ0v) is 19.4. The Balaban J connectivity index is 1.70. The van der Waals surface area contributed by atoms with Crippen LogP contribution in [0.5, 0.6) is 0 Å². The van der Waals surface area contributed by atoms with E-state index in [0.29, 0.717) is 5.69 Å². The molecule has 0 atom stereocenters.